The maximum atomic E-state index is 14.4. The third kappa shape index (κ3) is 4.84. The van der Waals surface area contributed by atoms with Gasteiger partial charge in [0, 0.05) is 6.42 Å². The van der Waals surface area contributed by atoms with E-state index in [4.69, 9.17) is 31.1 Å². The Morgan fingerprint density at radius 2 is 2.36 bits per heavy atom. The van der Waals surface area contributed by atoms with Crippen LogP contribution in [0.3, 0.4) is 0 Å². The van der Waals surface area contributed by atoms with Gasteiger partial charge in [0.2, 0.25) is 0 Å². The number of anilines is 1. The zero-order valence-electron chi connectivity index (χ0n) is 13.6. The zero-order chi connectivity index (χ0) is 18.8. The Balaban J connectivity index is 2.15. The Hall–Kier alpha value is -0.900. The molecule has 0 bridgehead atoms. The lowest BCUT2D eigenvalue weighted by Crippen LogP contribution is -2.37. The van der Waals surface area contributed by atoms with Gasteiger partial charge in [-0.3, -0.25) is 4.57 Å². The first-order valence-electron chi connectivity index (χ1n) is 7.38. The maximum absolute atomic E-state index is 14.4. The third-order valence-electron chi connectivity index (χ3n) is 3.44. The van der Waals surface area contributed by atoms with Crippen molar-refractivity contribution in [2.45, 2.75) is 44.4 Å². The van der Waals surface area contributed by atoms with Crippen LogP contribution in [0.25, 0.3) is 0 Å². The number of rotatable bonds is 7. The Kier molecular flexibility index (Phi) is 6.69. The van der Waals surface area contributed by atoms with E-state index in [1.165, 1.54) is 0 Å². The van der Waals surface area contributed by atoms with Gasteiger partial charge in [-0.2, -0.15) is 4.98 Å². The minimum atomic E-state index is -2.19. The molecule has 0 aliphatic carbocycles. The van der Waals surface area contributed by atoms with E-state index in [1.54, 1.807) is 13.8 Å². The first kappa shape index (κ1) is 20.4. The topological polar surface area (TPSA) is 109 Å². The van der Waals surface area contributed by atoms with Gasteiger partial charge < -0.3 is 24.4 Å². The molecule has 2 heterocycles. The molecule has 1 aromatic heterocycles. The van der Waals surface area contributed by atoms with E-state index in [-0.39, 0.29) is 25.0 Å². The summed E-state index contributed by atoms with van der Waals surface area (Å²) < 4.78 is 44.5. The quantitative estimate of drug-likeness (QED) is 0.530. The molecule has 25 heavy (non-hydrogen) atoms. The average molecular weight is 402 g/mol. The minimum absolute atomic E-state index is 0.172. The molecule has 1 aliphatic rings. The molecule has 1 aliphatic heterocycles. The summed E-state index contributed by atoms with van der Waals surface area (Å²) in [5.74, 6) is -1.73. The van der Waals surface area contributed by atoms with Crippen molar-refractivity contribution in [1.82, 2.24) is 9.55 Å². The van der Waals surface area contributed by atoms with Gasteiger partial charge in [0.15, 0.2) is 17.9 Å². The predicted octanol–water partition coefficient (Wildman–Crippen LogP) is 1.86. The number of halogens is 3. The van der Waals surface area contributed by atoms with Gasteiger partial charge in [0.1, 0.15) is 11.8 Å². The molecule has 0 spiro atoms. The summed E-state index contributed by atoms with van der Waals surface area (Å²) in [6.07, 6.45) is -2.86. The minimum Gasteiger partial charge on any atom is -0.381 e. The van der Waals surface area contributed by atoms with Crippen LogP contribution in [0.15, 0.2) is 11.0 Å². The van der Waals surface area contributed by atoms with Crippen LogP contribution in [-0.2, 0) is 13.8 Å². The summed E-state index contributed by atoms with van der Waals surface area (Å²) in [7, 11) is -2.19. The van der Waals surface area contributed by atoms with Crippen LogP contribution >= 0.6 is 20.2 Å². The molecule has 0 aromatic carbocycles. The number of alkyl halides is 2. The largest absolute Gasteiger partial charge is 0.381 e. The van der Waals surface area contributed by atoms with Gasteiger partial charge >= 0.3 is 14.3 Å². The SMILES string of the molecule is CC(C)OP(O)OC[C@]1(CCl)CC(F)C(n2cc(F)c(N)nc2=O)O1. The summed E-state index contributed by atoms with van der Waals surface area (Å²) in [6, 6.07) is 0. The van der Waals surface area contributed by atoms with Gasteiger partial charge in [0.25, 0.3) is 0 Å². The van der Waals surface area contributed by atoms with E-state index in [2.05, 4.69) is 4.98 Å². The van der Waals surface area contributed by atoms with Crippen LogP contribution in [0.4, 0.5) is 14.6 Å². The van der Waals surface area contributed by atoms with E-state index in [0.717, 1.165) is 6.20 Å². The fourth-order valence-corrected chi connectivity index (χ4v) is 3.32. The highest BCUT2D eigenvalue weighted by Gasteiger charge is 2.48. The molecule has 4 atom stereocenters. The van der Waals surface area contributed by atoms with Crippen molar-refractivity contribution in [3.8, 4) is 0 Å². The van der Waals surface area contributed by atoms with Gasteiger partial charge in [-0.1, -0.05) is 0 Å². The molecule has 8 nitrogen and oxygen atoms in total. The fourth-order valence-electron chi connectivity index (χ4n) is 2.31. The summed E-state index contributed by atoms with van der Waals surface area (Å²) in [5.41, 5.74) is 2.94. The molecule has 1 saturated heterocycles. The summed E-state index contributed by atoms with van der Waals surface area (Å²) in [6.45, 7) is 3.16. The Labute approximate surface area is 148 Å². The van der Waals surface area contributed by atoms with Crippen LogP contribution < -0.4 is 11.4 Å². The smallest absolute Gasteiger partial charge is 0.351 e. The lowest BCUT2D eigenvalue weighted by molar-refractivity contribution is -0.0911. The normalized spacial score (nSPS) is 27.8. The molecule has 142 valence electrons. The first-order chi connectivity index (χ1) is 11.7. The molecule has 3 N–H and O–H groups in total. The second-order valence-electron chi connectivity index (χ2n) is 5.87. The molecule has 2 rings (SSSR count). The Bertz CT molecular complexity index is 667. The van der Waals surface area contributed by atoms with E-state index in [9.17, 15) is 18.5 Å². The van der Waals surface area contributed by atoms with E-state index in [1.807, 2.05) is 0 Å². The van der Waals surface area contributed by atoms with E-state index in [0.29, 0.717) is 4.57 Å². The van der Waals surface area contributed by atoms with Gasteiger partial charge in [-0.25, -0.2) is 13.6 Å². The number of nitrogens with two attached hydrogens (primary N) is 1. The lowest BCUT2D eigenvalue weighted by Gasteiger charge is -2.27. The van der Waals surface area contributed by atoms with Crippen molar-refractivity contribution in [2.24, 2.45) is 0 Å². The van der Waals surface area contributed by atoms with Gasteiger partial charge in [-0.15, -0.1) is 11.6 Å². The molecule has 1 fully saturated rings. The predicted molar refractivity (Wildman–Crippen MR) is 87.3 cm³/mol. The molecule has 0 radical (unpaired) electrons. The van der Waals surface area contributed by atoms with Crippen LogP contribution in [0.1, 0.15) is 26.5 Å². The highest BCUT2D eigenvalue weighted by molar-refractivity contribution is 7.40. The summed E-state index contributed by atoms with van der Waals surface area (Å²) in [4.78, 5) is 24.8. The van der Waals surface area contributed by atoms with Crippen molar-refractivity contribution in [3.05, 3.63) is 22.5 Å². The molecule has 0 saturated carbocycles. The van der Waals surface area contributed by atoms with Crippen LogP contribution in [0, 0.1) is 5.82 Å². The second kappa shape index (κ2) is 8.20. The lowest BCUT2D eigenvalue weighted by atomic mass is 10.0. The van der Waals surface area contributed by atoms with Gasteiger partial charge in [-0.05, 0) is 13.8 Å². The first-order valence-corrected chi connectivity index (χ1v) is 9.04. The molecule has 0 amide bonds. The Morgan fingerprint density at radius 3 is 2.96 bits per heavy atom. The fraction of sp³-hybridized carbons (Fsp3) is 0.692. The number of aromatic nitrogens is 2. The highest BCUT2D eigenvalue weighted by Crippen LogP contribution is 2.43. The monoisotopic (exact) mass is 401 g/mol. The molecular formula is C13H19ClF2N3O5P. The molecule has 3 unspecified atom stereocenters. The van der Waals surface area contributed by atoms with Crippen molar-refractivity contribution in [3.63, 3.8) is 0 Å². The van der Waals surface area contributed by atoms with Crippen molar-refractivity contribution in [1.29, 1.82) is 0 Å². The van der Waals surface area contributed by atoms with E-state index >= 15 is 0 Å². The Morgan fingerprint density at radius 1 is 1.68 bits per heavy atom. The number of nitrogens with zero attached hydrogens (tertiary/aromatic N) is 2. The number of hydrogen-bond acceptors (Lipinski definition) is 7. The van der Waals surface area contributed by atoms with Crippen molar-refractivity contribution in [2.75, 3.05) is 18.2 Å². The summed E-state index contributed by atoms with van der Waals surface area (Å²) >= 11 is 5.88. The second-order valence-corrected chi connectivity index (χ2v) is 7.09. The van der Waals surface area contributed by atoms with Crippen LogP contribution in [0.2, 0.25) is 0 Å². The highest BCUT2D eigenvalue weighted by atomic mass is 35.5. The van der Waals surface area contributed by atoms with Crippen LogP contribution in [-0.4, -0.2) is 44.8 Å². The number of ether oxygens (including phenoxy) is 1. The third-order valence-corrected chi connectivity index (χ3v) is 4.88. The standard InChI is InChI=1S/C13H19ClF2N3O5P/c1-7(2)24-25(21)22-6-13(5-14)3-8(15)11(23-13)19-4-9(16)10(17)18-12(19)20/h4,7-8,11,21H,3,5-6H2,1-2H3,(H2,17,18,20)/t8?,11?,13-,25?/m1/s1. The molecule has 12 heteroatoms. The van der Waals surface area contributed by atoms with Crippen LogP contribution in [0.5, 0.6) is 0 Å². The molecular weight excluding hydrogens is 383 g/mol. The zero-order valence-corrected chi connectivity index (χ0v) is 15.2. The average Bonchev–Trinajstić information content (AvgIpc) is 2.86. The number of nitrogen functional groups attached to an aromatic ring is 1. The summed E-state index contributed by atoms with van der Waals surface area (Å²) in [5, 5.41) is 0. The number of hydrogen-bond donors (Lipinski definition) is 2. The van der Waals surface area contributed by atoms with Crippen molar-refractivity contribution >= 4 is 26.0 Å². The molecule has 1 aromatic rings. The van der Waals surface area contributed by atoms with Gasteiger partial charge in [0.05, 0.1) is 24.8 Å². The van der Waals surface area contributed by atoms with Crippen molar-refractivity contribution < 1.29 is 27.5 Å². The van der Waals surface area contributed by atoms with E-state index < -0.39 is 43.9 Å². The maximum Gasteiger partial charge on any atom is 0.351 e.